The number of methoxy groups -OCH3 is 1. The van der Waals surface area contributed by atoms with Crippen LogP contribution in [0.5, 0.6) is 5.75 Å². The molecule has 1 aromatic rings. The lowest BCUT2D eigenvalue weighted by atomic mass is 10.1. The van der Waals surface area contributed by atoms with Gasteiger partial charge in [-0.2, -0.15) is 0 Å². The molecule has 0 aliphatic heterocycles. The number of unbranched alkanes of at least 4 members (excludes halogenated alkanes) is 2. The number of ether oxygens (including phenoxy) is 1. The van der Waals surface area contributed by atoms with Crippen LogP contribution in [0.3, 0.4) is 0 Å². The molecule has 0 saturated carbocycles. The van der Waals surface area contributed by atoms with E-state index in [1.807, 2.05) is 6.92 Å². The fourth-order valence-corrected chi connectivity index (χ4v) is 5.21. The van der Waals surface area contributed by atoms with Crippen molar-refractivity contribution in [1.82, 2.24) is 21.3 Å². The van der Waals surface area contributed by atoms with Crippen molar-refractivity contribution in [3.63, 3.8) is 0 Å². The number of amides is 6. The Morgan fingerprint density at radius 3 is 2.25 bits per heavy atom. The van der Waals surface area contributed by atoms with E-state index in [-0.39, 0.29) is 43.7 Å². The van der Waals surface area contributed by atoms with Gasteiger partial charge >= 0.3 is 6.03 Å². The minimum absolute atomic E-state index is 0.0211. The molecular formula is C26H40Br2N6O6. The van der Waals surface area contributed by atoms with E-state index in [0.29, 0.717) is 41.5 Å². The Morgan fingerprint density at radius 2 is 1.60 bits per heavy atom. The summed E-state index contributed by atoms with van der Waals surface area (Å²) in [6.45, 7) is 2.37. The van der Waals surface area contributed by atoms with Gasteiger partial charge in [0.1, 0.15) is 11.8 Å². The van der Waals surface area contributed by atoms with Gasteiger partial charge in [-0.25, -0.2) is 4.79 Å². The summed E-state index contributed by atoms with van der Waals surface area (Å²) < 4.78 is 5.29. The zero-order chi connectivity index (χ0) is 29.9. The molecule has 12 nitrogen and oxygen atoms in total. The molecule has 14 heteroatoms. The van der Waals surface area contributed by atoms with E-state index in [1.165, 1.54) is 7.11 Å². The lowest BCUT2D eigenvalue weighted by Crippen LogP contribution is -2.47. The highest BCUT2D eigenvalue weighted by Gasteiger charge is 2.21. The van der Waals surface area contributed by atoms with E-state index in [4.69, 9.17) is 10.5 Å². The number of nitrogens with two attached hydrogens (primary N) is 1. The van der Waals surface area contributed by atoms with Crippen molar-refractivity contribution in [1.29, 1.82) is 0 Å². The topological polar surface area (TPSA) is 181 Å². The third kappa shape index (κ3) is 14.5. The van der Waals surface area contributed by atoms with E-state index >= 15 is 0 Å². The maximum atomic E-state index is 12.9. The van der Waals surface area contributed by atoms with Crippen LogP contribution in [0.4, 0.5) is 10.5 Å². The normalized spacial score (nSPS) is 11.3. The predicted molar refractivity (Wildman–Crippen MR) is 161 cm³/mol. The SMILES string of the molecule is COc1cc(NC(=O)C(CCCNC(N)=O)NC(=O)CNC(=O)CCCCCNC(=O)C(CBr)CBr)ccc1C. The monoisotopic (exact) mass is 690 g/mol. The van der Waals surface area contributed by atoms with Gasteiger partial charge in [0.2, 0.25) is 23.6 Å². The molecular weight excluding hydrogens is 652 g/mol. The zero-order valence-corrected chi connectivity index (χ0v) is 26.1. The summed E-state index contributed by atoms with van der Waals surface area (Å²) in [6.07, 6.45) is 2.96. The number of halogens is 2. The maximum Gasteiger partial charge on any atom is 0.312 e. The molecule has 1 atom stereocenters. The second-order valence-corrected chi connectivity index (χ2v) is 10.4. The highest BCUT2D eigenvalue weighted by molar-refractivity contribution is 9.09. The molecule has 224 valence electrons. The first-order chi connectivity index (χ1) is 19.1. The molecule has 0 saturated heterocycles. The predicted octanol–water partition coefficient (Wildman–Crippen LogP) is 2.07. The Bertz CT molecular complexity index is 992. The summed E-state index contributed by atoms with van der Waals surface area (Å²) in [6, 6.07) is 3.62. The van der Waals surface area contributed by atoms with Crippen molar-refractivity contribution < 1.29 is 28.7 Å². The number of primary amides is 1. The average Bonchev–Trinajstić information content (AvgIpc) is 2.92. The smallest absolute Gasteiger partial charge is 0.312 e. The molecule has 0 heterocycles. The molecule has 0 bridgehead atoms. The summed E-state index contributed by atoms with van der Waals surface area (Å²) in [5.41, 5.74) is 6.48. The van der Waals surface area contributed by atoms with E-state index in [9.17, 15) is 24.0 Å². The molecule has 7 N–H and O–H groups in total. The lowest BCUT2D eigenvalue weighted by molar-refractivity contribution is -0.128. The fraction of sp³-hybridized carbons (Fsp3) is 0.577. The Balaban J connectivity index is 2.49. The number of carbonyl (C=O) groups is 5. The van der Waals surface area contributed by atoms with Crippen LogP contribution in [0.1, 0.15) is 44.1 Å². The van der Waals surface area contributed by atoms with Gasteiger partial charge < -0.3 is 37.1 Å². The van der Waals surface area contributed by atoms with Crippen LogP contribution in [-0.2, 0) is 19.2 Å². The Labute approximate surface area is 251 Å². The van der Waals surface area contributed by atoms with E-state index in [1.54, 1.807) is 18.2 Å². The number of anilines is 1. The van der Waals surface area contributed by atoms with E-state index in [2.05, 4.69) is 58.4 Å². The highest BCUT2D eigenvalue weighted by atomic mass is 79.9. The number of hydrogen-bond acceptors (Lipinski definition) is 6. The van der Waals surface area contributed by atoms with E-state index in [0.717, 1.165) is 18.4 Å². The quantitative estimate of drug-likeness (QED) is 0.0954. The van der Waals surface area contributed by atoms with Crippen LogP contribution in [0.25, 0.3) is 0 Å². The molecule has 6 amide bonds. The van der Waals surface area contributed by atoms with Crippen LogP contribution in [0, 0.1) is 12.8 Å². The number of benzene rings is 1. The molecule has 0 radical (unpaired) electrons. The molecule has 0 aliphatic carbocycles. The molecule has 1 rings (SSSR count). The summed E-state index contributed by atoms with van der Waals surface area (Å²) >= 11 is 6.61. The summed E-state index contributed by atoms with van der Waals surface area (Å²) in [7, 11) is 1.53. The third-order valence-corrected chi connectivity index (χ3v) is 7.43. The van der Waals surface area contributed by atoms with Crippen molar-refractivity contribution in [2.75, 3.05) is 42.7 Å². The number of aryl methyl sites for hydroxylation is 1. The van der Waals surface area contributed by atoms with Gasteiger partial charge in [0.05, 0.1) is 19.6 Å². The standard InChI is InChI=1S/C26H40Br2N6O6/c1-17-9-10-19(13-21(17)40-2)33-25(38)20(7-6-12-31-26(29)39)34-23(36)16-32-22(35)8-4-3-5-11-30-24(37)18(14-27)15-28/h9-10,13,18,20H,3-8,11-12,14-16H2,1-2H3,(H,30,37)(H,32,35)(H,33,38)(H,34,36)(H3,29,31,39). The largest absolute Gasteiger partial charge is 0.496 e. The first-order valence-electron chi connectivity index (χ1n) is 13.1. The number of hydrogen-bond donors (Lipinski definition) is 6. The molecule has 0 spiro atoms. The van der Waals surface area contributed by atoms with Crippen LogP contribution < -0.4 is 37.1 Å². The lowest BCUT2D eigenvalue weighted by Gasteiger charge is -2.19. The molecule has 1 unspecified atom stereocenters. The number of carbonyl (C=O) groups excluding carboxylic acids is 5. The minimum atomic E-state index is -0.907. The average molecular weight is 692 g/mol. The van der Waals surface area contributed by atoms with Crippen LogP contribution in [0.15, 0.2) is 18.2 Å². The second-order valence-electron chi connectivity index (χ2n) is 9.11. The van der Waals surface area contributed by atoms with Crippen LogP contribution in [-0.4, -0.2) is 73.1 Å². The Hall–Kier alpha value is -2.87. The molecule has 1 aromatic carbocycles. The van der Waals surface area contributed by atoms with Crippen molar-refractivity contribution in [2.24, 2.45) is 11.7 Å². The van der Waals surface area contributed by atoms with Gasteiger partial charge in [-0.1, -0.05) is 44.3 Å². The van der Waals surface area contributed by atoms with Gasteiger partial charge in [-0.3, -0.25) is 19.2 Å². The number of nitrogens with one attached hydrogen (secondary N) is 5. The van der Waals surface area contributed by atoms with Crippen LogP contribution >= 0.6 is 31.9 Å². The van der Waals surface area contributed by atoms with Gasteiger partial charge in [-0.15, -0.1) is 0 Å². The number of rotatable bonds is 19. The third-order valence-electron chi connectivity index (χ3n) is 5.87. The number of alkyl halides is 2. The van der Waals surface area contributed by atoms with Gasteiger partial charge in [0, 0.05) is 41.9 Å². The van der Waals surface area contributed by atoms with Crippen molar-refractivity contribution in [3.05, 3.63) is 23.8 Å². The number of urea groups is 1. The molecule has 0 fully saturated rings. The summed E-state index contributed by atoms with van der Waals surface area (Å²) in [5, 5.41) is 14.5. The molecule has 40 heavy (non-hydrogen) atoms. The summed E-state index contributed by atoms with van der Waals surface area (Å²) in [5.74, 6) is -0.789. The second kappa shape index (κ2) is 20.1. The van der Waals surface area contributed by atoms with Crippen molar-refractivity contribution in [2.45, 2.75) is 51.5 Å². The van der Waals surface area contributed by atoms with Crippen molar-refractivity contribution >= 4 is 67.2 Å². The first kappa shape index (κ1) is 35.2. The zero-order valence-electron chi connectivity index (χ0n) is 22.9. The summed E-state index contributed by atoms with van der Waals surface area (Å²) in [4.78, 5) is 60.5. The fourth-order valence-electron chi connectivity index (χ4n) is 3.55. The molecule has 0 aromatic heterocycles. The van der Waals surface area contributed by atoms with Gasteiger partial charge in [0.25, 0.3) is 0 Å². The van der Waals surface area contributed by atoms with Gasteiger partial charge in [-0.05, 0) is 44.2 Å². The van der Waals surface area contributed by atoms with Crippen molar-refractivity contribution in [3.8, 4) is 5.75 Å². The van der Waals surface area contributed by atoms with Gasteiger partial charge in [0.15, 0.2) is 0 Å². The Morgan fingerprint density at radius 1 is 0.900 bits per heavy atom. The Kier molecular flexibility index (Phi) is 17.6. The first-order valence-corrected chi connectivity index (χ1v) is 15.3. The minimum Gasteiger partial charge on any atom is -0.496 e. The molecule has 0 aliphatic rings. The highest BCUT2D eigenvalue weighted by Crippen LogP contribution is 2.22. The van der Waals surface area contributed by atoms with E-state index < -0.39 is 23.9 Å². The van der Waals surface area contributed by atoms with Crippen LogP contribution in [0.2, 0.25) is 0 Å². The maximum absolute atomic E-state index is 12.9.